The standard InChI is InChI=1S/C14H21F3N4/c1-10(2)6-7-20(3)9-13-19-18-12-5-4-11(8-21(12)13)14(15,16)17/h6,11H,4-5,7-9H2,1-3H3. The number of halogens is 3. The lowest BCUT2D eigenvalue weighted by Gasteiger charge is -2.26. The number of aryl methyl sites for hydroxylation is 1. The fourth-order valence-corrected chi connectivity index (χ4v) is 2.41. The largest absolute Gasteiger partial charge is 0.393 e. The van der Waals surface area contributed by atoms with Crippen LogP contribution in [0.5, 0.6) is 0 Å². The maximum Gasteiger partial charge on any atom is 0.393 e. The van der Waals surface area contributed by atoms with E-state index < -0.39 is 12.1 Å². The molecule has 0 radical (unpaired) electrons. The van der Waals surface area contributed by atoms with Gasteiger partial charge in [-0.25, -0.2) is 0 Å². The van der Waals surface area contributed by atoms with E-state index in [9.17, 15) is 13.2 Å². The molecule has 0 spiro atoms. The zero-order valence-corrected chi connectivity index (χ0v) is 12.6. The van der Waals surface area contributed by atoms with E-state index in [2.05, 4.69) is 16.3 Å². The number of likely N-dealkylation sites (N-methyl/N-ethyl adjacent to an activating group) is 1. The van der Waals surface area contributed by atoms with Gasteiger partial charge in [-0.15, -0.1) is 10.2 Å². The first kappa shape index (κ1) is 16.0. The van der Waals surface area contributed by atoms with Gasteiger partial charge in [0.2, 0.25) is 0 Å². The molecule has 0 N–H and O–H groups in total. The number of hydrogen-bond donors (Lipinski definition) is 0. The van der Waals surface area contributed by atoms with Gasteiger partial charge >= 0.3 is 6.18 Å². The quantitative estimate of drug-likeness (QED) is 0.802. The van der Waals surface area contributed by atoms with E-state index in [1.165, 1.54) is 5.57 Å². The molecule has 1 aliphatic heterocycles. The molecule has 2 heterocycles. The molecule has 0 amide bonds. The van der Waals surface area contributed by atoms with Crippen LogP contribution < -0.4 is 0 Å². The van der Waals surface area contributed by atoms with Gasteiger partial charge in [-0.1, -0.05) is 11.6 Å². The smallest absolute Gasteiger partial charge is 0.313 e. The molecule has 21 heavy (non-hydrogen) atoms. The predicted octanol–water partition coefficient (Wildman–Crippen LogP) is 2.80. The van der Waals surface area contributed by atoms with Crippen molar-refractivity contribution in [3.63, 3.8) is 0 Å². The molecule has 1 unspecified atom stereocenters. The minimum atomic E-state index is -4.15. The van der Waals surface area contributed by atoms with Gasteiger partial charge in [-0.3, -0.25) is 4.90 Å². The second kappa shape index (κ2) is 6.17. The van der Waals surface area contributed by atoms with Crippen molar-refractivity contribution in [1.29, 1.82) is 0 Å². The number of alkyl halides is 3. The topological polar surface area (TPSA) is 34.0 Å². The van der Waals surface area contributed by atoms with E-state index in [0.29, 0.717) is 24.6 Å². The first-order chi connectivity index (χ1) is 9.77. The monoisotopic (exact) mass is 302 g/mol. The highest BCUT2D eigenvalue weighted by molar-refractivity contribution is 5.02. The molecule has 0 saturated carbocycles. The second-order valence-corrected chi connectivity index (χ2v) is 5.90. The van der Waals surface area contributed by atoms with Crippen LogP contribution in [0.2, 0.25) is 0 Å². The van der Waals surface area contributed by atoms with Gasteiger partial charge in [0.1, 0.15) is 11.6 Å². The molecule has 0 aromatic carbocycles. The Bertz CT molecular complexity index is 515. The van der Waals surface area contributed by atoms with E-state index in [4.69, 9.17) is 0 Å². The lowest BCUT2D eigenvalue weighted by Crippen LogP contribution is -2.33. The van der Waals surface area contributed by atoms with E-state index in [1.807, 2.05) is 25.8 Å². The van der Waals surface area contributed by atoms with Gasteiger partial charge in [0.25, 0.3) is 0 Å². The van der Waals surface area contributed by atoms with Crippen LogP contribution in [-0.4, -0.2) is 39.4 Å². The van der Waals surface area contributed by atoms with Gasteiger partial charge in [0, 0.05) is 19.5 Å². The molecular weight excluding hydrogens is 281 g/mol. The molecule has 0 saturated heterocycles. The van der Waals surface area contributed by atoms with Gasteiger partial charge < -0.3 is 4.57 Å². The SMILES string of the molecule is CC(C)=CCN(C)Cc1nnc2n1CC(C(F)(F)F)CC2. The van der Waals surface area contributed by atoms with Crippen molar-refractivity contribution in [2.24, 2.45) is 5.92 Å². The Morgan fingerprint density at radius 2 is 2.10 bits per heavy atom. The molecule has 7 heteroatoms. The first-order valence-corrected chi connectivity index (χ1v) is 7.07. The van der Waals surface area contributed by atoms with Crippen LogP contribution in [0.25, 0.3) is 0 Å². The Balaban J connectivity index is 2.07. The number of nitrogens with zero attached hydrogens (tertiary/aromatic N) is 4. The van der Waals surface area contributed by atoms with Crippen molar-refractivity contribution in [2.75, 3.05) is 13.6 Å². The molecule has 1 aromatic heterocycles. The van der Waals surface area contributed by atoms with Crippen LogP contribution in [-0.2, 0) is 19.5 Å². The third-order valence-electron chi connectivity index (χ3n) is 3.71. The highest BCUT2D eigenvalue weighted by Crippen LogP contribution is 2.34. The number of fused-ring (bicyclic) bond motifs is 1. The fraction of sp³-hybridized carbons (Fsp3) is 0.714. The van der Waals surface area contributed by atoms with E-state index in [-0.39, 0.29) is 13.0 Å². The predicted molar refractivity (Wildman–Crippen MR) is 73.7 cm³/mol. The van der Waals surface area contributed by atoms with Crippen LogP contribution in [0, 0.1) is 5.92 Å². The lowest BCUT2D eigenvalue weighted by atomic mass is 9.99. The highest BCUT2D eigenvalue weighted by atomic mass is 19.4. The summed E-state index contributed by atoms with van der Waals surface area (Å²) in [7, 11) is 1.92. The molecule has 1 aromatic rings. The molecule has 0 fully saturated rings. The van der Waals surface area contributed by atoms with E-state index in [1.54, 1.807) is 4.57 Å². The Kier molecular flexibility index (Phi) is 4.70. The Morgan fingerprint density at radius 3 is 2.71 bits per heavy atom. The summed E-state index contributed by atoms with van der Waals surface area (Å²) in [4.78, 5) is 2.02. The van der Waals surface area contributed by atoms with Crippen LogP contribution in [0.15, 0.2) is 11.6 Å². The third kappa shape index (κ3) is 4.06. The average Bonchev–Trinajstić information content (AvgIpc) is 2.78. The Hall–Kier alpha value is -1.37. The molecular formula is C14H21F3N4. The van der Waals surface area contributed by atoms with Crippen LogP contribution in [0.1, 0.15) is 31.9 Å². The first-order valence-electron chi connectivity index (χ1n) is 7.07. The van der Waals surface area contributed by atoms with Crippen LogP contribution in [0.4, 0.5) is 13.2 Å². The van der Waals surface area contributed by atoms with Crippen molar-refractivity contribution < 1.29 is 13.2 Å². The van der Waals surface area contributed by atoms with Crippen LogP contribution in [0.3, 0.4) is 0 Å². The molecule has 0 aliphatic carbocycles. The van der Waals surface area contributed by atoms with Crippen molar-refractivity contribution in [2.45, 2.75) is 46.0 Å². The fourth-order valence-electron chi connectivity index (χ4n) is 2.41. The summed E-state index contributed by atoms with van der Waals surface area (Å²) in [6.07, 6.45) is -1.62. The molecule has 2 rings (SSSR count). The second-order valence-electron chi connectivity index (χ2n) is 5.90. The molecule has 1 aliphatic rings. The third-order valence-corrected chi connectivity index (χ3v) is 3.71. The Morgan fingerprint density at radius 1 is 1.38 bits per heavy atom. The molecule has 0 bridgehead atoms. The summed E-state index contributed by atoms with van der Waals surface area (Å²) in [5, 5.41) is 8.09. The highest BCUT2D eigenvalue weighted by Gasteiger charge is 2.42. The van der Waals surface area contributed by atoms with Crippen molar-refractivity contribution in [3.8, 4) is 0 Å². The van der Waals surface area contributed by atoms with Crippen molar-refractivity contribution in [3.05, 3.63) is 23.3 Å². The van der Waals surface area contributed by atoms with Gasteiger partial charge in [0.15, 0.2) is 0 Å². The van der Waals surface area contributed by atoms with Gasteiger partial charge in [-0.05, 0) is 27.3 Å². The maximum atomic E-state index is 12.9. The van der Waals surface area contributed by atoms with Gasteiger partial charge in [0.05, 0.1) is 12.5 Å². The van der Waals surface area contributed by atoms with Gasteiger partial charge in [-0.2, -0.15) is 13.2 Å². The average molecular weight is 302 g/mol. The normalized spacial score (nSPS) is 18.7. The molecule has 118 valence electrons. The maximum absolute atomic E-state index is 12.9. The summed E-state index contributed by atoms with van der Waals surface area (Å²) in [6, 6.07) is 0. The molecule has 1 atom stereocenters. The Labute approximate surface area is 122 Å². The minimum absolute atomic E-state index is 0.0579. The van der Waals surface area contributed by atoms with Crippen molar-refractivity contribution >= 4 is 0 Å². The lowest BCUT2D eigenvalue weighted by molar-refractivity contribution is -0.182. The summed E-state index contributed by atoms with van der Waals surface area (Å²) < 4.78 is 40.3. The van der Waals surface area contributed by atoms with E-state index >= 15 is 0 Å². The van der Waals surface area contributed by atoms with E-state index in [0.717, 1.165) is 6.54 Å². The van der Waals surface area contributed by atoms with Crippen LogP contribution >= 0.6 is 0 Å². The summed E-state index contributed by atoms with van der Waals surface area (Å²) >= 11 is 0. The van der Waals surface area contributed by atoms with Crippen molar-refractivity contribution in [1.82, 2.24) is 19.7 Å². The zero-order chi connectivity index (χ0) is 15.6. The zero-order valence-electron chi connectivity index (χ0n) is 12.6. The number of aromatic nitrogens is 3. The summed E-state index contributed by atoms with van der Waals surface area (Å²) in [5.74, 6) is -0.00689. The number of hydrogen-bond acceptors (Lipinski definition) is 3. The number of rotatable bonds is 4. The molecule has 4 nitrogen and oxygen atoms in total. The number of allylic oxidation sites excluding steroid dienone is 1. The minimum Gasteiger partial charge on any atom is -0.313 e. The summed E-state index contributed by atoms with van der Waals surface area (Å²) in [6.45, 7) is 5.22. The summed E-state index contributed by atoms with van der Waals surface area (Å²) in [5.41, 5.74) is 1.21.